The van der Waals surface area contributed by atoms with E-state index >= 15 is 0 Å². The number of carboxylic acid groups (broad SMARTS) is 1. The molecule has 0 spiro atoms. The van der Waals surface area contributed by atoms with Crippen molar-refractivity contribution in [3.8, 4) is 0 Å². The van der Waals surface area contributed by atoms with Gasteiger partial charge in [0.1, 0.15) is 12.3 Å². The lowest BCUT2D eigenvalue weighted by Crippen LogP contribution is -2.32. The minimum Gasteiger partial charge on any atom is -0.480 e. The fourth-order valence-electron chi connectivity index (χ4n) is 0.669. The van der Waals surface area contributed by atoms with Crippen LogP contribution in [0.4, 0.5) is 0 Å². The molecule has 1 aromatic heterocycles. The number of carbonyl (C=O) groups is 1. The molecule has 0 fully saturated rings. The molecule has 3 N–H and O–H groups in total. The second kappa shape index (κ2) is 3.16. The third-order valence-corrected chi connectivity index (χ3v) is 1.26. The zero-order valence-electron chi connectivity index (χ0n) is 5.73. The molecule has 0 saturated carbocycles. The van der Waals surface area contributed by atoms with E-state index in [-0.39, 0.29) is 6.42 Å². The molecule has 1 rings (SSSR count). The van der Waals surface area contributed by atoms with Gasteiger partial charge in [0.05, 0.1) is 6.20 Å². The highest BCUT2D eigenvalue weighted by molar-refractivity contribution is 5.73. The van der Waals surface area contributed by atoms with Crippen molar-refractivity contribution in [1.82, 2.24) is 5.16 Å². The predicted octanol–water partition coefficient (Wildman–Crippen LogP) is -0.371. The Balaban J connectivity index is 2.50. The van der Waals surface area contributed by atoms with Crippen molar-refractivity contribution >= 4 is 5.97 Å². The molecule has 1 unspecified atom stereocenters. The Hall–Kier alpha value is -1.36. The van der Waals surface area contributed by atoms with Crippen LogP contribution in [0.5, 0.6) is 0 Å². The van der Waals surface area contributed by atoms with E-state index in [1.807, 2.05) is 0 Å². The predicted molar refractivity (Wildman–Crippen MR) is 35.8 cm³/mol. The maximum absolute atomic E-state index is 10.2. The summed E-state index contributed by atoms with van der Waals surface area (Å²) in [5.74, 6) is -1.02. The average Bonchev–Trinajstić information content (AvgIpc) is 2.39. The fraction of sp³-hybridized carbons (Fsp3) is 0.333. The van der Waals surface area contributed by atoms with Crippen LogP contribution in [-0.2, 0) is 11.2 Å². The van der Waals surface area contributed by atoms with E-state index in [2.05, 4.69) is 9.68 Å². The molecule has 60 valence electrons. The summed E-state index contributed by atoms with van der Waals surface area (Å²) in [7, 11) is 0. The van der Waals surface area contributed by atoms with Crippen LogP contribution in [0.1, 0.15) is 5.56 Å². The molecular weight excluding hydrogens is 148 g/mol. The molecule has 0 radical (unpaired) electrons. The molecular formula is C6H8N2O3. The van der Waals surface area contributed by atoms with Crippen LogP contribution in [-0.4, -0.2) is 22.3 Å². The van der Waals surface area contributed by atoms with E-state index in [1.165, 1.54) is 12.5 Å². The van der Waals surface area contributed by atoms with Crippen molar-refractivity contribution in [3.05, 3.63) is 18.0 Å². The highest BCUT2D eigenvalue weighted by Crippen LogP contribution is 1.99. The van der Waals surface area contributed by atoms with Gasteiger partial charge in [0, 0.05) is 12.0 Å². The first kappa shape index (κ1) is 7.74. The molecule has 0 amide bonds. The van der Waals surface area contributed by atoms with Crippen molar-refractivity contribution in [2.45, 2.75) is 12.5 Å². The molecule has 0 aliphatic carbocycles. The van der Waals surface area contributed by atoms with Crippen molar-refractivity contribution in [2.75, 3.05) is 0 Å². The van der Waals surface area contributed by atoms with Crippen LogP contribution in [0.2, 0.25) is 0 Å². The summed E-state index contributed by atoms with van der Waals surface area (Å²) in [6.07, 6.45) is 3.07. The average molecular weight is 156 g/mol. The smallest absolute Gasteiger partial charge is 0.320 e. The number of nitrogens with two attached hydrogens (primary N) is 1. The van der Waals surface area contributed by atoms with Gasteiger partial charge in [-0.25, -0.2) is 0 Å². The highest BCUT2D eigenvalue weighted by Gasteiger charge is 2.12. The van der Waals surface area contributed by atoms with E-state index in [0.29, 0.717) is 5.56 Å². The molecule has 0 saturated heterocycles. The zero-order chi connectivity index (χ0) is 8.27. The summed E-state index contributed by atoms with van der Waals surface area (Å²) in [6, 6.07) is -0.880. The van der Waals surface area contributed by atoms with E-state index in [4.69, 9.17) is 10.8 Å². The van der Waals surface area contributed by atoms with E-state index < -0.39 is 12.0 Å². The largest absolute Gasteiger partial charge is 0.480 e. The maximum atomic E-state index is 10.2. The van der Waals surface area contributed by atoms with Gasteiger partial charge in [-0.15, -0.1) is 0 Å². The molecule has 5 heteroatoms. The number of carboxylic acids is 1. The standard InChI is InChI=1S/C6H8N2O3/c7-5(6(9)10)1-4-2-8-11-3-4/h2-3,5H,1,7H2,(H,9,10). The van der Waals surface area contributed by atoms with E-state index in [1.54, 1.807) is 0 Å². The van der Waals surface area contributed by atoms with Crippen LogP contribution >= 0.6 is 0 Å². The van der Waals surface area contributed by atoms with Gasteiger partial charge in [0.2, 0.25) is 0 Å². The number of hydrogen-bond acceptors (Lipinski definition) is 4. The van der Waals surface area contributed by atoms with Gasteiger partial charge in [0.15, 0.2) is 0 Å². The Morgan fingerprint density at radius 1 is 1.91 bits per heavy atom. The lowest BCUT2D eigenvalue weighted by molar-refractivity contribution is -0.138. The van der Waals surface area contributed by atoms with E-state index in [9.17, 15) is 4.79 Å². The fourth-order valence-corrected chi connectivity index (χ4v) is 0.669. The van der Waals surface area contributed by atoms with Crippen LogP contribution < -0.4 is 5.73 Å². The van der Waals surface area contributed by atoms with Crippen LogP contribution in [0.15, 0.2) is 17.0 Å². The topological polar surface area (TPSA) is 89.4 Å². The van der Waals surface area contributed by atoms with Gasteiger partial charge in [-0.1, -0.05) is 5.16 Å². The Morgan fingerprint density at radius 2 is 2.64 bits per heavy atom. The number of rotatable bonds is 3. The van der Waals surface area contributed by atoms with Crippen LogP contribution in [0.25, 0.3) is 0 Å². The maximum Gasteiger partial charge on any atom is 0.320 e. The van der Waals surface area contributed by atoms with Crippen molar-refractivity contribution < 1.29 is 14.4 Å². The van der Waals surface area contributed by atoms with Crippen LogP contribution in [0, 0.1) is 0 Å². The van der Waals surface area contributed by atoms with Gasteiger partial charge >= 0.3 is 5.97 Å². The monoisotopic (exact) mass is 156 g/mol. The molecule has 1 aromatic rings. The zero-order valence-corrected chi connectivity index (χ0v) is 5.73. The van der Waals surface area contributed by atoms with Gasteiger partial charge in [-0.2, -0.15) is 0 Å². The highest BCUT2D eigenvalue weighted by atomic mass is 16.5. The van der Waals surface area contributed by atoms with Gasteiger partial charge in [-0.05, 0) is 0 Å². The minimum absolute atomic E-state index is 0.249. The normalized spacial score (nSPS) is 12.8. The SMILES string of the molecule is NC(Cc1cnoc1)C(=O)O. The van der Waals surface area contributed by atoms with Gasteiger partial charge in [-0.3, -0.25) is 4.79 Å². The van der Waals surface area contributed by atoms with Gasteiger partial charge < -0.3 is 15.4 Å². The lowest BCUT2D eigenvalue weighted by atomic mass is 10.1. The summed E-state index contributed by atoms with van der Waals surface area (Å²) in [5, 5.41) is 11.8. The number of nitrogens with zero attached hydrogens (tertiary/aromatic N) is 1. The van der Waals surface area contributed by atoms with Gasteiger partial charge in [0.25, 0.3) is 0 Å². The molecule has 5 nitrogen and oxygen atoms in total. The number of aromatic nitrogens is 1. The quantitative estimate of drug-likeness (QED) is 0.623. The van der Waals surface area contributed by atoms with Crippen LogP contribution in [0.3, 0.4) is 0 Å². The molecule has 1 atom stereocenters. The Labute approximate surface area is 62.8 Å². The summed E-state index contributed by atoms with van der Waals surface area (Å²) < 4.78 is 4.50. The lowest BCUT2D eigenvalue weighted by Gasteiger charge is -2.01. The first-order valence-electron chi connectivity index (χ1n) is 3.07. The minimum atomic E-state index is -1.02. The van der Waals surface area contributed by atoms with E-state index in [0.717, 1.165) is 0 Å². The van der Waals surface area contributed by atoms with Crippen molar-refractivity contribution in [1.29, 1.82) is 0 Å². The molecule has 1 heterocycles. The summed E-state index contributed by atoms with van der Waals surface area (Å²) in [6.45, 7) is 0. The Bertz CT molecular complexity index is 232. The summed E-state index contributed by atoms with van der Waals surface area (Å²) in [5.41, 5.74) is 5.93. The third-order valence-electron chi connectivity index (χ3n) is 1.26. The molecule has 0 aromatic carbocycles. The molecule has 0 bridgehead atoms. The van der Waals surface area contributed by atoms with Crippen molar-refractivity contribution in [3.63, 3.8) is 0 Å². The molecule has 11 heavy (non-hydrogen) atoms. The second-order valence-corrected chi connectivity index (χ2v) is 2.18. The Morgan fingerprint density at radius 3 is 3.09 bits per heavy atom. The van der Waals surface area contributed by atoms with Crippen molar-refractivity contribution in [2.24, 2.45) is 5.73 Å². The summed E-state index contributed by atoms with van der Waals surface area (Å²) in [4.78, 5) is 10.2. The first-order valence-corrected chi connectivity index (χ1v) is 3.07. The third kappa shape index (κ3) is 2.05. The summed E-state index contributed by atoms with van der Waals surface area (Å²) >= 11 is 0. The molecule has 0 aliphatic rings. The first-order chi connectivity index (χ1) is 5.20. The number of hydrogen-bond donors (Lipinski definition) is 2. The molecule has 0 aliphatic heterocycles. The number of aliphatic carboxylic acids is 1. The Kier molecular flexibility index (Phi) is 2.22. The second-order valence-electron chi connectivity index (χ2n) is 2.18.